The Morgan fingerprint density at radius 2 is 1.92 bits per heavy atom. The van der Waals surface area contributed by atoms with Gasteiger partial charge in [0.2, 0.25) is 0 Å². The van der Waals surface area contributed by atoms with Crippen LogP contribution in [-0.4, -0.2) is 9.36 Å². The average molecular weight is 180 g/mol. The van der Waals surface area contributed by atoms with E-state index in [1.165, 1.54) is 0 Å². The van der Waals surface area contributed by atoms with Crippen LogP contribution in [0.2, 0.25) is 0 Å². The summed E-state index contributed by atoms with van der Waals surface area (Å²) in [7, 11) is 0. The minimum atomic E-state index is -0.654. The number of rotatable bonds is 1. The molecule has 0 aliphatic rings. The van der Waals surface area contributed by atoms with E-state index in [0.717, 1.165) is 17.1 Å². The molecule has 60 valence electrons. The molecule has 0 N–H and O–H groups in total. The maximum atomic E-state index is 12.4. The molecule has 0 aliphatic heterocycles. The lowest BCUT2D eigenvalue weighted by Crippen LogP contribution is -1.76. The van der Waals surface area contributed by atoms with Gasteiger partial charge in [-0.25, -0.2) is 0 Å². The molecular formula is C8H5FN2S. The molecule has 0 spiro atoms. The van der Waals surface area contributed by atoms with Gasteiger partial charge in [0.1, 0.15) is 5.01 Å². The fraction of sp³-hybridized carbons (Fsp3) is 0. The highest BCUT2D eigenvalue weighted by Gasteiger charge is 2.03. The molecule has 1 aromatic carbocycles. The van der Waals surface area contributed by atoms with Crippen molar-refractivity contribution < 1.29 is 4.39 Å². The molecule has 4 heteroatoms. The van der Waals surface area contributed by atoms with Gasteiger partial charge in [0.25, 0.3) is 0 Å². The van der Waals surface area contributed by atoms with Gasteiger partial charge in [-0.2, -0.15) is 9.37 Å². The maximum absolute atomic E-state index is 12.4. The largest absolute Gasteiger partial charge is 0.320 e. The van der Waals surface area contributed by atoms with E-state index < -0.39 is 6.08 Å². The summed E-state index contributed by atoms with van der Waals surface area (Å²) in [6.07, 6.45) is -0.654. The summed E-state index contributed by atoms with van der Waals surface area (Å²) in [5, 5.41) is 0.619. The quantitative estimate of drug-likeness (QED) is 0.673. The minimum Gasteiger partial charge on any atom is -0.189 e. The van der Waals surface area contributed by atoms with Gasteiger partial charge in [0.05, 0.1) is 0 Å². The molecule has 0 saturated heterocycles. The molecule has 1 heterocycles. The summed E-state index contributed by atoms with van der Waals surface area (Å²) in [4.78, 5) is 3.62. The molecule has 0 radical (unpaired) electrons. The van der Waals surface area contributed by atoms with Crippen molar-refractivity contribution in [1.29, 1.82) is 0 Å². The van der Waals surface area contributed by atoms with Crippen LogP contribution in [0.4, 0.5) is 4.39 Å². The summed E-state index contributed by atoms with van der Waals surface area (Å²) in [5.41, 5.74) is 0.902. The molecule has 0 amide bonds. The number of aromatic nitrogens is 2. The van der Waals surface area contributed by atoms with Crippen molar-refractivity contribution in [2.75, 3.05) is 0 Å². The van der Waals surface area contributed by atoms with Crippen LogP contribution < -0.4 is 0 Å². The Labute approximate surface area is 72.9 Å². The number of nitrogens with zero attached hydrogens (tertiary/aromatic N) is 2. The van der Waals surface area contributed by atoms with Crippen molar-refractivity contribution in [1.82, 2.24) is 9.36 Å². The summed E-state index contributed by atoms with van der Waals surface area (Å²) in [6.45, 7) is 0. The van der Waals surface area contributed by atoms with Crippen LogP contribution in [0.1, 0.15) is 0 Å². The van der Waals surface area contributed by atoms with Crippen molar-refractivity contribution in [2.24, 2.45) is 0 Å². The predicted octanol–water partition coefficient (Wildman–Crippen LogP) is 2.34. The molecule has 12 heavy (non-hydrogen) atoms. The van der Waals surface area contributed by atoms with Gasteiger partial charge >= 0.3 is 6.08 Å². The summed E-state index contributed by atoms with van der Waals surface area (Å²) in [6, 6.07) is 9.42. The van der Waals surface area contributed by atoms with Crippen molar-refractivity contribution >= 4 is 11.5 Å². The van der Waals surface area contributed by atoms with E-state index in [4.69, 9.17) is 0 Å². The normalized spacial score (nSPS) is 10.1. The van der Waals surface area contributed by atoms with Crippen molar-refractivity contribution in [3.63, 3.8) is 0 Å². The highest BCUT2D eigenvalue weighted by molar-refractivity contribution is 7.09. The zero-order chi connectivity index (χ0) is 8.39. The van der Waals surface area contributed by atoms with E-state index in [1.54, 1.807) is 0 Å². The molecule has 2 nitrogen and oxygen atoms in total. The molecule has 0 unspecified atom stereocenters. The van der Waals surface area contributed by atoms with Crippen molar-refractivity contribution in [3.8, 4) is 10.6 Å². The fourth-order valence-electron chi connectivity index (χ4n) is 0.904. The lowest BCUT2D eigenvalue weighted by Gasteiger charge is -1.90. The Kier molecular flexibility index (Phi) is 1.83. The zero-order valence-electron chi connectivity index (χ0n) is 6.07. The third-order valence-electron chi connectivity index (χ3n) is 1.42. The second-order valence-electron chi connectivity index (χ2n) is 2.23. The first-order valence-electron chi connectivity index (χ1n) is 3.41. The van der Waals surface area contributed by atoms with Crippen LogP contribution in [0.15, 0.2) is 30.3 Å². The highest BCUT2D eigenvalue weighted by atomic mass is 32.1. The third-order valence-corrected chi connectivity index (χ3v) is 2.16. The van der Waals surface area contributed by atoms with Crippen LogP contribution in [-0.2, 0) is 0 Å². The Hall–Kier alpha value is -1.29. The van der Waals surface area contributed by atoms with Gasteiger partial charge in [0, 0.05) is 5.56 Å². The Morgan fingerprint density at radius 3 is 2.50 bits per heavy atom. The van der Waals surface area contributed by atoms with E-state index in [1.807, 2.05) is 30.3 Å². The molecule has 1 aromatic heterocycles. The van der Waals surface area contributed by atoms with Crippen molar-refractivity contribution in [2.45, 2.75) is 0 Å². The Balaban J connectivity index is 2.45. The van der Waals surface area contributed by atoms with Crippen LogP contribution in [0.3, 0.4) is 0 Å². The summed E-state index contributed by atoms with van der Waals surface area (Å²) < 4.78 is 15.9. The second-order valence-corrected chi connectivity index (χ2v) is 2.99. The van der Waals surface area contributed by atoms with E-state index in [-0.39, 0.29) is 0 Å². The van der Waals surface area contributed by atoms with Gasteiger partial charge < -0.3 is 0 Å². The van der Waals surface area contributed by atoms with Crippen molar-refractivity contribution in [3.05, 3.63) is 36.4 Å². The predicted molar refractivity (Wildman–Crippen MR) is 45.3 cm³/mol. The number of benzene rings is 1. The standard InChI is InChI=1S/C8H5FN2S/c9-8-10-7(12-11-8)6-4-2-1-3-5-6/h1-5H. The van der Waals surface area contributed by atoms with Crippen LogP contribution in [0, 0.1) is 6.08 Å². The van der Waals surface area contributed by atoms with E-state index in [9.17, 15) is 4.39 Å². The first kappa shape index (κ1) is 7.36. The molecule has 0 bridgehead atoms. The Morgan fingerprint density at radius 1 is 1.17 bits per heavy atom. The van der Waals surface area contributed by atoms with Crippen LogP contribution >= 0.6 is 11.5 Å². The molecule has 0 atom stereocenters. The third kappa shape index (κ3) is 1.33. The smallest absolute Gasteiger partial charge is 0.189 e. The molecule has 0 saturated carbocycles. The monoisotopic (exact) mass is 180 g/mol. The van der Waals surface area contributed by atoms with Gasteiger partial charge in [-0.15, -0.1) is 4.37 Å². The van der Waals surface area contributed by atoms with E-state index in [2.05, 4.69) is 9.36 Å². The minimum absolute atomic E-state index is 0.619. The molecule has 0 fully saturated rings. The van der Waals surface area contributed by atoms with E-state index in [0.29, 0.717) is 5.01 Å². The number of hydrogen-bond acceptors (Lipinski definition) is 3. The highest BCUT2D eigenvalue weighted by Crippen LogP contribution is 2.19. The molecule has 2 aromatic rings. The molecule has 0 aliphatic carbocycles. The summed E-state index contributed by atoms with van der Waals surface area (Å²) >= 11 is 1.07. The van der Waals surface area contributed by atoms with Gasteiger partial charge in [-0.1, -0.05) is 30.3 Å². The fourth-order valence-corrected chi connectivity index (χ4v) is 1.46. The maximum Gasteiger partial charge on any atom is 0.320 e. The molecular weight excluding hydrogens is 175 g/mol. The summed E-state index contributed by atoms with van der Waals surface area (Å²) in [5.74, 6) is 0. The average Bonchev–Trinajstić information content (AvgIpc) is 2.54. The number of hydrogen-bond donors (Lipinski definition) is 0. The van der Waals surface area contributed by atoms with Gasteiger partial charge in [-0.3, -0.25) is 0 Å². The SMILES string of the molecule is Fc1nsc(-c2ccccc2)n1. The topological polar surface area (TPSA) is 25.8 Å². The van der Waals surface area contributed by atoms with Gasteiger partial charge in [0.15, 0.2) is 0 Å². The van der Waals surface area contributed by atoms with Crippen LogP contribution in [0.25, 0.3) is 10.6 Å². The molecule has 2 rings (SSSR count). The van der Waals surface area contributed by atoms with E-state index >= 15 is 0 Å². The first-order valence-corrected chi connectivity index (χ1v) is 4.18. The zero-order valence-corrected chi connectivity index (χ0v) is 6.88. The second kappa shape index (κ2) is 2.98. The first-order chi connectivity index (χ1) is 5.86. The number of halogens is 1. The van der Waals surface area contributed by atoms with Gasteiger partial charge in [-0.05, 0) is 11.5 Å². The lowest BCUT2D eigenvalue weighted by atomic mass is 10.2. The van der Waals surface area contributed by atoms with Crippen LogP contribution in [0.5, 0.6) is 0 Å². The Bertz CT molecular complexity index is 372. The lowest BCUT2D eigenvalue weighted by molar-refractivity contribution is 0.557.